The van der Waals surface area contributed by atoms with Gasteiger partial charge in [-0.3, -0.25) is 9.63 Å². The average molecular weight is 473 g/mol. The summed E-state index contributed by atoms with van der Waals surface area (Å²) in [5.74, 6) is -2.46. The van der Waals surface area contributed by atoms with Crippen LogP contribution in [0.1, 0.15) is 27.7 Å². The molecule has 4 rings (SSSR count). The fourth-order valence-corrected chi connectivity index (χ4v) is 3.96. The van der Waals surface area contributed by atoms with Crippen molar-refractivity contribution < 1.29 is 18.4 Å². The Balaban J connectivity index is 1.65. The lowest BCUT2D eigenvalue weighted by molar-refractivity contribution is -0.192. The number of benzene rings is 3. The second-order valence-electron chi connectivity index (χ2n) is 6.92. The van der Waals surface area contributed by atoms with E-state index in [4.69, 9.17) is 4.84 Å². The van der Waals surface area contributed by atoms with Crippen molar-refractivity contribution in [1.29, 1.82) is 0 Å². The van der Waals surface area contributed by atoms with Crippen LogP contribution < -0.4 is 0 Å². The molecule has 1 aliphatic heterocycles. The third kappa shape index (κ3) is 4.28. The number of carbonyl (C=O) groups excluding carboxylic acids is 1. The van der Waals surface area contributed by atoms with Gasteiger partial charge in [-0.2, -0.15) is 5.06 Å². The topological polar surface area (TPSA) is 32.8 Å². The second-order valence-corrected chi connectivity index (χ2v) is 7.84. The molecule has 1 amide bonds. The zero-order valence-corrected chi connectivity index (χ0v) is 17.6. The molecule has 0 saturated carbocycles. The van der Waals surface area contributed by atoms with E-state index >= 15 is 0 Å². The molecule has 3 aromatic rings. The third-order valence-electron chi connectivity index (χ3n) is 4.95. The van der Waals surface area contributed by atoms with Gasteiger partial charge in [-0.25, -0.2) is 8.78 Å². The van der Waals surface area contributed by atoms with Crippen LogP contribution in [0.25, 0.3) is 0 Å². The second kappa shape index (κ2) is 9.04. The lowest BCUT2D eigenvalue weighted by Crippen LogP contribution is -2.36. The SMILES string of the molecule is O=C(c1c(F)cccc1F)N1CCN(OCc2ccccc2)C1c1cccc(Br)c1. The Kier molecular flexibility index (Phi) is 6.22. The zero-order chi connectivity index (χ0) is 21.1. The van der Waals surface area contributed by atoms with Crippen molar-refractivity contribution in [2.24, 2.45) is 0 Å². The van der Waals surface area contributed by atoms with Gasteiger partial charge in [0.15, 0.2) is 0 Å². The van der Waals surface area contributed by atoms with Gasteiger partial charge in [0.05, 0.1) is 6.61 Å². The van der Waals surface area contributed by atoms with E-state index in [0.717, 1.165) is 27.7 Å². The van der Waals surface area contributed by atoms with Gasteiger partial charge in [0.1, 0.15) is 23.4 Å². The summed E-state index contributed by atoms with van der Waals surface area (Å²) in [6, 6.07) is 20.5. The van der Waals surface area contributed by atoms with E-state index in [0.29, 0.717) is 13.2 Å². The smallest absolute Gasteiger partial charge is 0.261 e. The largest absolute Gasteiger partial charge is 0.315 e. The van der Waals surface area contributed by atoms with E-state index in [1.54, 1.807) is 5.06 Å². The summed E-state index contributed by atoms with van der Waals surface area (Å²) in [5, 5.41) is 1.69. The highest BCUT2D eigenvalue weighted by Crippen LogP contribution is 2.34. The fraction of sp³-hybridized carbons (Fsp3) is 0.174. The van der Waals surface area contributed by atoms with Gasteiger partial charge >= 0.3 is 0 Å². The molecule has 0 radical (unpaired) electrons. The van der Waals surface area contributed by atoms with Crippen molar-refractivity contribution in [3.8, 4) is 0 Å². The summed E-state index contributed by atoms with van der Waals surface area (Å²) in [6.07, 6.45) is -0.613. The Morgan fingerprint density at radius 2 is 1.67 bits per heavy atom. The molecule has 0 bridgehead atoms. The van der Waals surface area contributed by atoms with E-state index in [-0.39, 0.29) is 6.54 Å². The van der Waals surface area contributed by atoms with Gasteiger partial charge in [-0.15, -0.1) is 0 Å². The standard InChI is InChI=1S/C23H19BrF2N2O2/c24-18-9-4-8-17(14-18)22-27(23(29)21-19(25)10-5-11-20(21)26)12-13-28(22)30-15-16-6-2-1-3-7-16/h1-11,14,22H,12-13,15H2. The molecule has 7 heteroatoms. The molecule has 1 unspecified atom stereocenters. The normalized spacial score (nSPS) is 16.8. The van der Waals surface area contributed by atoms with Crippen molar-refractivity contribution >= 4 is 21.8 Å². The quantitative estimate of drug-likeness (QED) is 0.503. The van der Waals surface area contributed by atoms with Crippen LogP contribution in [0.5, 0.6) is 0 Å². The maximum absolute atomic E-state index is 14.3. The summed E-state index contributed by atoms with van der Waals surface area (Å²) < 4.78 is 29.4. The first kappa shape index (κ1) is 20.7. The molecule has 0 N–H and O–H groups in total. The van der Waals surface area contributed by atoms with Crippen molar-refractivity contribution in [1.82, 2.24) is 9.96 Å². The van der Waals surface area contributed by atoms with Gasteiger partial charge in [-0.1, -0.05) is 64.5 Å². The third-order valence-corrected chi connectivity index (χ3v) is 5.45. The fourth-order valence-electron chi connectivity index (χ4n) is 3.54. The number of rotatable bonds is 5. The van der Waals surface area contributed by atoms with Gasteiger partial charge in [0.25, 0.3) is 5.91 Å². The summed E-state index contributed by atoms with van der Waals surface area (Å²) in [5.41, 5.74) is 1.21. The van der Waals surface area contributed by atoms with E-state index in [1.807, 2.05) is 54.6 Å². The Morgan fingerprint density at radius 3 is 2.37 bits per heavy atom. The van der Waals surface area contributed by atoms with Crippen molar-refractivity contribution in [3.05, 3.63) is 106 Å². The Bertz CT molecular complexity index is 1030. The lowest BCUT2D eigenvalue weighted by Gasteiger charge is -2.30. The van der Waals surface area contributed by atoms with Crippen molar-refractivity contribution in [2.75, 3.05) is 13.1 Å². The van der Waals surface area contributed by atoms with Gasteiger partial charge < -0.3 is 4.90 Å². The van der Waals surface area contributed by atoms with E-state index < -0.39 is 29.3 Å². The van der Waals surface area contributed by atoms with E-state index in [1.165, 1.54) is 11.0 Å². The molecule has 0 aliphatic carbocycles. The maximum Gasteiger partial charge on any atom is 0.261 e. The van der Waals surface area contributed by atoms with Gasteiger partial charge in [0, 0.05) is 17.6 Å². The first-order valence-corrected chi connectivity index (χ1v) is 10.3. The molecule has 1 atom stereocenters. The zero-order valence-electron chi connectivity index (χ0n) is 16.0. The Hall–Kier alpha value is -2.61. The van der Waals surface area contributed by atoms with Crippen LogP contribution in [0.4, 0.5) is 8.78 Å². The van der Waals surface area contributed by atoms with Gasteiger partial charge in [-0.05, 0) is 35.4 Å². The molecule has 1 aliphatic rings. The summed E-state index contributed by atoms with van der Waals surface area (Å²) >= 11 is 3.45. The molecular formula is C23H19BrF2N2O2. The number of carbonyl (C=O) groups is 1. The molecular weight excluding hydrogens is 454 g/mol. The predicted molar refractivity (Wildman–Crippen MR) is 112 cm³/mol. The highest BCUT2D eigenvalue weighted by Gasteiger charge is 2.39. The van der Waals surface area contributed by atoms with Crippen LogP contribution in [0, 0.1) is 11.6 Å². The highest BCUT2D eigenvalue weighted by atomic mass is 79.9. The molecule has 4 nitrogen and oxygen atoms in total. The number of nitrogens with zero attached hydrogens (tertiary/aromatic N) is 2. The van der Waals surface area contributed by atoms with Crippen LogP contribution in [0.2, 0.25) is 0 Å². The minimum Gasteiger partial charge on any atom is -0.315 e. The van der Waals surface area contributed by atoms with Gasteiger partial charge in [0.2, 0.25) is 0 Å². The van der Waals surface area contributed by atoms with Crippen LogP contribution in [0.15, 0.2) is 77.3 Å². The monoisotopic (exact) mass is 472 g/mol. The molecule has 1 fully saturated rings. The molecule has 154 valence electrons. The summed E-state index contributed by atoms with van der Waals surface area (Å²) in [7, 11) is 0. The number of halogens is 3. The average Bonchev–Trinajstić information content (AvgIpc) is 3.17. The van der Waals surface area contributed by atoms with E-state index in [2.05, 4.69) is 15.9 Å². The van der Waals surface area contributed by atoms with Crippen LogP contribution in [0.3, 0.4) is 0 Å². The minimum absolute atomic E-state index is 0.276. The van der Waals surface area contributed by atoms with E-state index in [9.17, 15) is 13.6 Å². The summed E-state index contributed by atoms with van der Waals surface area (Å²) in [4.78, 5) is 20.6. The Morgan fingerprint density at radius 1 is 0.967 bits per heavy atom. The van der Waals surface area contributed by atoms with Crippen LogP contribution in [-0.4, -0.2) is 29.0 Å². The molecule has 1 saturated heterocycles. The number of hydroxylamine groups is 2. The molecule has 0 spiro atoms. The first-order chi connectivity index (χ1) is 14.5. The Labute approximate surface area is 181 Å². The van der Waals surface area contributed by atoms with Crippen LogP contribution in [-0.2, 0) is 11.4 Å². The number of hydrogen-bond acceptors (Lipinski definition) is 3. The number of hydrogen-bond donors (Lipinski definition) is 0. The molecule has 30 heavy (non-hydrogen) atoms. The van der Waals surface area contributed by atoms with Crippen molar-refractivity contribution in [2.45, 2.75) is 12.8 Å². The first-order valence-electron chi connectivity index (χ1n) is 9.48. The lowest BCUT2D eigenvalue weighted by atomic mass is 10.1. The van der Waals surface area contributed by atoms with Crippen LogP contribution >= 0.6 is 15.9 Å². The molecule has 0 aromatic heterocycles. The molecule has 1 heterocycles. The molecule has 3 aromatic carbocycles. The van der Waals surface area contributed by atoms with Crippen molar-refractivity contribution in [3.63, 3.8) is 0 Å². The maximum atomic E-state index is 14.3. The highest BCUT2D eigenvalue weighted by molar-refractivity contribution is 9.10. The summed E-state index contributed by atoms with van der Waals surface area (Å²) in [6.45, 7) is 1.01. The predicted octanol–water partition coefficient (Wildman–Crippen LogP) is 5.32. The number of amides is 1. The minimum atomic E-state index is -0.878.